The standard InChI is InChI=1S/C71H29F27N4/c72-63(73,74)37-6-1-36(30-99)47(25-37)46-15-20-61(101-57-16-2-32(42-11-7-38(64(75,76)77)26-53(42)68(87,88)89)21-48(57)49-22-33(3-17-58(49)101)43-12-8-39(65(78,79)80)27-54(43)69(90,91)92)52(31-100)62(46)102-59-18-4-34(44-13-9-40(66(81,82)83)28-55(44)70(93,94)95)23-50(59)51-24-35(5-19-60(51)102)45-14-10-41(67(84,85)86)29-56(45)71(96,97)98/h1-29H. The molecule has 0 aliphatic carbocycles. The molecule has 0 saturated heterocycles. The van der Waals surface area contributed by atoms with E-state index in [4.69, 9.17) is 0 Å². The Hall–Kier alpha value is -11.1. The molecule has 0 N–H and O–H groups in total. The van der Waals surface area contributed by atoms with Crippen LogP contribution in [0.1, 0.15) is 61.2 Å². The Bertz CT molecular complexity index is 5270. The molecule has 0 aliphatic rings. The molecule has 0 aliphatic heterocycles. The highest BCUT2D eigenvalue weighted by Crippen LogP contribution is 2.51. The maximum atomic E-state index is 15.0. The third-order valence-electron chi connectivity index (χ3n) is 16.9. The monoisotopic (exact) mass is 1450 g/mol. The van der Waals surface area contributed by atoms with Crippen molar-refractivity contribution < 1.29 is 119 Å². The smallest absolute Gasteiger partial charge is 0.308 e. The minimum Gasteiger partial charge on any atom is -0.308 e. The van der Waals surface area contributed by atoms with Crippen LogP contribution in [0.4, 0.5) is 119 Å². The first-order chi connectivity index (χ1) is 47.2. The molecule has 0 fully saturated rings. The number of halogens is 27. The average Bonchev–Trinajstić information content (AvgIpc) is 1.52. The minimum atomic E-state index is -5.60. The SMILES string of the molecule is N#Cc1ccc(C(F)(F)F)cc1-c1ccc(-n2c3ccc(-c4ccc(C(F)(F)F)cc4C(F)(F)F)cc3c3cc(-c4ccc(C(F)(F)F)cc4C(F)(F)F)ccc32)c(C#N)c1-n1c2ccc(-c3ccc(C(F)(F)F)cc3C(F)(F)F)cc2c2cc(-c3ccc(C(F)(F)F)cc3C(F)(F)F)ccc21. The summed E-state index contributed by atoms with van der Waals surface area (Å²) < 4.78 is 394. The van der Waals surface area contributed by atoms with Crippen molar-refractivity contribution in [1.82, 2.24) is 9.13 Å². The number of nitriles is 2. The van der Waals surface area contributed by atoms with Crippen molar-refractivity contribution in [3.05, 3.63) is 237 Å². The number of hydrogen-bond acceptors (Lipinski definition) is 2. The Morgan fingerprint density at radius 2 is 0.500 bits per heavy atom. The molecule has 0 bridgehead atoms. The van der Waals surface area contributed by atoms with Crippen LogP contribution < -0.4 is 0 Å². The van der Waals surface area contributed by atoms with E-state index in [2.05, 4.69) is 0 Å². The van der Waals surface area contributed by atoms with Crippen molar-refractivity contribution in [3.8, 4) is 79.1 Å². The molecule has 12 rings (SSSR count). The van der Waals surface area contributed by atoms with E-state index in [0.717, 1.165) is 94.1 Å². The summed E-state index contributed by atoms with van der Waals surface area (Å²) in [5.74, 6) is 0. The molecule has 12 aromatic rings. The van der Waals surface area contributed by atoms with Gasteiger partial charge in [-0.15, -0.1) is 0 Å². The van der Waals surface area contributed by atoms with Crippen LogP contribution in [0.2, 0.25) is 0 Å². The average molecular weight is 1450 g/mol. The molecule has 2 heterocycles. The van der Waals surface area contributed by atoms with Gasteiger partial charge in [-0.3, -0.25) is 0 Å². The second kappa shape index (κ2) is 23.8. The van der Waals surface area contributed by atoms with Crippen LogP contribution in [0, 0.1) is 22.7 Å². The second-order valence-electron chi connectivity index (χ2n) is 23.0. The van der Waals surface area contributed by atoms with Gasteiger partial charge in [0.05, 0.1) is 95.1 Å². The first kappa shape index (κ1) is 70.7. The molecule has 0 radical (unpaired) electrons. The van der Waals surface area contributed by atoms with Gasteiger partial charge in [0.2, 0.25) is 0 Å². The first-order valence-electron chi connectivity index (χ1n) is 28.7. The van der Waals surface area contributed by atoms with Gasteiger partial charge < -0.3 is 9.13 Å². The fourth-order valence-electron chi connectivity index (χ4n) is 12.4. The topological polar surface area (TPSA) is 57.4 Å². The van der Waals surface area contributed by atoms with E-state index in [-0.39, 0.29) is 70.3 Å². The van der Waals surface area contributed by atoms with Gasteiger partial charge in [0.1, 0.15) is 11.6 Å². The summed E-state index contributed by atoms with van der Waals surface area (Å²) in [5.41, 5.74) is -27.8. The van der Waals surface area contributed by atoms with E-state index >= 15 is 0 Å². The van der Waals surface area contributed by atoms with Gasteiger partial charge in [0, 0.05) is 32.7 Å². The second-order valence-corrected chi connectivity index (χ2v) is 23.0. The summed E-state index contributed by atoms with van der Waals surface area (Å²) in [7, 11) is 0. The van der Waals surface area contributed by atoms with Gasteiger partial charge in [0.15, 0.2) is 0 Å². The molecule has 0 atom stereocenters. The molecule has 31 heteroatoms. The van der Waals surface area contributed by atoms with E-state index < -0.39 is 206 Å². The lowest BCUT2D eigenvalue weighted by molar-refractivity contribution is -0.144. The van der Waals surface area contributed by atoms with Crippen LogP contribution in [0.15, 0.2) is 176 Å². The van der Waals surface area contributed by atoms with Crippen LogP contribution in [0.25, 0.3) is 111 Å². The molecule has 0 unspecified atom stereocenters. The zero-order chi connectivity index (χ0) is 74.5. The summed E-state index contributed by atoms with van der Waals surface area (Å²) in [4.78, 5) is 0. The van der Waals surface area contributed by atoms with Crippen molar-refractivity contribution in [2.24, 2.45) is 0 Å². The van der Waals surface area contributed by atoms with Crippen molar-refractivity contribution in [2.75, 3.05) is 0 Å². The number of hydrogen-bond donors (Lipinski definition) is 0. The Morgan fingerprint density at radius 3 is 0.765 bits per heavy atom. The fraction of sp³-hybridized carbons (Fsp3) is 0.127. The maximum absolute atomic E-state index is 15.0. The highest BCUT2D eigenvalue weighted by Gasteiger charge is 2.44. The van der Waals surface area contributed by atoms with Crippen LogP contribution in [0.5, 0.6) is 0 Å². The minimum absolute atomic E-state index is 0.228. The normalized spacial score (nSPS) is 13.2. The highest BCUT2D eigenvalue weighted by molar-refractivity contribution is 6.14. The highest BCUT2D eigenvalue weighted by atomic mass is 19.4. The number of rotatable bonds is 7. The number of alkyl halides is 27. The van der Waals surface area contributed by atoms with Gasteiger partial charge in [-0.05, 0) is 166 Å². The lowest BCUT2D eigenvalue weighted by Gasteiger charge is -2.21. The van der Waals surface area contributed by atoms with Crippen LogP contribution in [-0.4, -0.2) is 9.13 Å². The van der Waals surface area contributed by atoms with Gasteiger partial charge >= 0.3 is 55.6 Å². The quantitative estimate of drug-likeness (QED) is 0.149. The Morgan fingerprint density at radius 1 is 0.235 bits per heavy atom. The van der Waals surface area contributed by atoms with Crippen molar-refractivity contribution in [2.45, 2.75) is 55.6 Å². The largest absolute Gasteiger partial charge is 0.417 e. The zero-order valence-electron chi connectivity index (χ0n) is 49.7. The van der Waals surface area contributed by atoms with E-state index in [1.54, 1.807) is 6.07 Å². The molecule has 2 aromatic heterocycles. The number of aromatic nitrogens is 2. The van der Waals surface area contributed by atoms with Crippen LogP contribution in [0.3, 0.4) is 0 Å². The van der Waals surface area contributed by atoms with E-state index in [1.165, 1.54) is 0 Å². The molecule has 10 aromatic carbocycles. The molecule has 4 nitrogen and oxygen atoms in total. The van der Waals surface area contributed by atoms with Crippen molar-refractivity contribution in [3.63, 3.8) is 0 Å². The summed E-state index contributed by atoms with van der Waals surface area (Å²) in [5, 5.41) is 20.8. The Balaban J connectivity index is 1.24. The molecule has 0 spiro atoms. The molecular formula is C71H29F27N4. The predicted molar refractivity (Wildman–Crippen MR) is 317 cm³/mol. The van der Waals surface area contributed by atoms with E-state index in [0.29, 0.717) is 42.5 Å². The molecule has 0 amide bonds. The molecular weight excluding hydrogens is 1420 g/mol. The number of fused-ring (bicyclic) bond motifs is 6. The van der Waals surface area contributed by atoms with Gasteiger partial charge in [-0.25, -0.2) is 0 Å². The summed E-state index contributed by atoms with van der Waals surface area (Å²) in [6.07, 6.45) is -49.1. The van der Waals surface area contributed by atoms with Gasteiger partial charge in [-0.1, -0.05) is 54.6 Å². The maximum Gasteiger partial charge on any atom is 0.417 e. The Labute approximate surface area is 552 Å². The molecule has 102 heavy (non-hydrogen) atoms. The van der Waals surface area contributed by atoms with E-state index in [1.807, 2.05) is 6.07 Å². The molecule has 522 valence electrons. The third kappa shape index (κ3) is 12.7. The number of benzene rings is 10. The Kier molecular flexibility index (Phi) is 16.5. The zero-order valence-corrected chi connectivity index (χ0v) is 49.7. The van der Waals surface area contributed by atoms with Gasteiger partial charge in [-0.2, -0.15) is 129 Å². The third-order valence-corrected chi connectivity index (χ3v) is 16.9. The van der Waals surface area contributed by atoms with Crippen molar-refractivity contribution >= 4 is 43.6 Å². The summed E-state index contributed by atoms with van der Waals surface area (Å²) >= 11 is 0. The lowest BCUT2D eigenvalue weighted by atomic mass is 9.93. The van der Waals surface area contributed by atoms with Crippen LogP contribution >= 0.6 is 0 Å². The van der Waals surface area contributed by atoms with E-state index in [9.17, 15) is 129 Å². The predicted octanol–water partition coefficient (Wildman–Crippen LogP) is 25.1. The summed E-state index contributed by atoms with van der Waals surface area (Å²) in [6, 6.07) is 19.9. The lowest BCUT2D eigenvalue weighted by Crippen LogP contribution is -2.12. The molecule has 0 saturated carbocycles. The van der Waals surface area contributed by atoms with Gasteiger partial charge in [0.25, 0.3) is 0 Å². The summed E-state index contributed by atoms with van der Waals surface area (Å²) in [6.45, 7) is 0. The fourth-order valence-corrected chi connectivity index (χ4v) is 12.4. The van der Waals surface area contributed by atoms with Crippen LogP contribution in [-0.2, 0) is 55.6 Å². The first-order valence-corrected chi connectivity index (χ1v) is 28.7. The van der Waals surface area contributed by atoms with Crippen molar-refractivity contribution in [1.29, 1.82) is 10.5 Å². The number of nitrogens with zero attached hydrogens (tertiary/aromatic N) is 4.